The summed E-state index contributed by atoms with van der Waals surface area (Å²) in [5, 5.41) is 8.89. The lowest BCUT2D eigenvalue weighted by Crippen LogP contribution is -2.44. The van der Waals surface area contributed by atoms with Gasteiger partial charge in [-0.25, -0.2) is 0 Å². The zero-order chi connectivity index (χ0) is 15.9. The van der Waals surface area contributed by atoms with Crippen LogP contribution in [-0.4, -0.2) is 23.4 Å². The van der Waals surface area contributed by atoms with E-state index in [1.54, 1.807) is 36.5 Å². The molecule has 2 amide bonds. The van der Waals surface area contributed by atoms with Gasteiger partial charge in [0.15, 0.2) is 6.61 Å². The molecule has 0 saturated heterocycles. The van der Waals surface area contributed by atoms with E-state index in [2.05, 4.69) is 31.8 Å². The molecule has 0 spiro atoms. The zero-order valence-corrected chi connectivity index (χ0v) is 12.8. The molecule has 2 aromatic rings. The number of para-hydroxylation sites is 1. The summed E-state index contributed by atoms with van der Waals surface area (Å²) < 4.78 is 5.95. The van der Waals surface area contributed by atoms with Gasteiger partial charge in [-0.05, 0) is 34.1 Å². The van der Waals surface area contributed by atoms with Gasteiger partial charge in [-0.3, -0.25) is 20.4 Å². The minimum absolute atomic E-state index is 0.294. The van der Waals surface area contributed by atoms with Crippen LogP contribution in [0.2, 0.25) is 0 Å². The first-order valence-electron chi connectivity index (χ1n) is 6.15. The number of nitriles is 1. The van der Waals surface area contributed by atoms with Crippen molar-refractivity contribution in [3.8, 4) is 11.8 Å². The average Bonchev–Trinajstić information content (AvgIpc) is 2.97. The maximum absolute atomic E-state index is 11.7. The van der Waals surface area contributed by atoms with Gasteiger partial charge in [0.05, 0.1) is 5.56 Å². The molecule has 8 heteroatoms. The second kappa shape index (κ2) is 7.28. The van der Waals surface area contributed by atoms with E-state index < -0.39 is 11.8 Å². The van der Waals surface area contributed by atoms with E-state index in [0.29, 0.717) is 17.0 Å². The number of carbonyl (C=O) groups is 2. The van der Waals surface area contributed by atoms with Crippen LogP contribution in [0.3, 0.4) is 0 Å². The van der Waals surface area contributed by atoms with Gasteiger partial charge in [0.25, 0.3) is 11.8 Å². The van der Waals surface area contributed by atoms with E-state index >= 15 is 0 Å². The standard InChI is InChI=1S/C14H11BrN4O3/c15-10-5-11(17-7-10)14(21)19-18-13(20)8-22-12-4-2-1-3-9(12)6-16/h1-5,7,17H,8H2,(H,18,20)(H,19,21). The third kappa shape index (κ3) is 4.10. The van der Waals surface area contributed by atoms with Gasteiger partial charge in [0.1, 0.15) is 17.5 Å². The molecule has 0 unspecified atom stereocenters. The molecule has 0 fully saturated rings. The van der Waals surface area contributed by atoms with Crippen molar-refractivity contribution in [2.24, 2.45) is 0 Å². The zero-order valence-electron chi connectivity index (χ0n) is 11.2. The van der Waals surface area contributed by atoms with Gasteiger partial charge in [-0.2, -0.15) is 5.26 Å². The molecule has 0 atom stereocenters. The molecule has 0 bridgehead atoms. The second-order valence-electron chi connectivity index (χ2n) is 4.13. The fourth-order valence-corrected chi connectivity index (χ4v) is 1.90. The average molecular weight is 363 g/mol. The summed E-state index contributed by atoms with van der Waals surface area (Å²) in [5.74, 6) is -0.733. The third-order valence-electron chi connectivity index (χ3n) is 2.57. The lowest BCUT2D eigenvalue weighted by atomic mass is 10.2. The number of hydrogen-bond donors (Lipinski definition) is 3. The molecule has 22 heavy (non-hydrogen) atoms. The summed E-state index contributed by atoms with van der Waals surface area (Å²) >= 11 is 3.20. The number of rotatable bonds is 4. The van der Waals surface area contributed by atoms with Crippen LogP contribution in [0, 0.1) is 11.3 Å². The monoisotopic (exact) mass is 362 g/mol. The Hall–Kier alpha value is -2.79. The fraction of sp³-hybridized carbons (Fsp3) is 0.0714. The molecule has 0 aliphatic carbocycles. The van der Waals surface area contributed by atoms with E-state index in [-0.39, 0.29) is 6.61 Å². The Morgan fingerprint density at radius 1 is 1.32 bits per heavy atom. The van der Waals surface area contributed by atoms with Crippen molar-refractivity contribution < 1.29 is 14.3 Å². The van der Waals surface area contributed by atoms with Gasteiger partial charge in [0, 0.05) is 10.7 Å². The topological polar surface area (TPSA) is 107 Å². The number of amides is 2. The van der Waals surface area contributed by atoms with E-state index in [1.807, 2.05) is 6.07 Å². The smallest absolute Gasteiger partial charge is 0.286 e. The Labute approximate surface area is 134 Å². The van der Waals surface area contributed by atoms with E-state index in [1.165, 1.54) is 0 Å². The summed E-state index contributed by atoms with van der Waals surface area (Å²) in [6.07, 6.45) is 1.60. The number of halogens is 1. The number of aromatic nitrogens is 1. The van der Waals surface area contributed by atoms with Crippen molar-refractivity contribution in [3.63, 3.8) is 0 Å². The summed E-state index contributed by atoms with van der Waals surface area (Å²) in [5.41, 5.74) is 5.08. The summed E-state index contributed by atoms with van der Waals surface area (Å²) in [6.45, 7) is -0.326. The van der Waals surface area contributed by atoms with Crippen LogP contribution < -0.4 is 15.6 Å². The minimum Gasteiger partial charge on any atom is -0.482 e. The van der Waals surface area contributed by atoms with Crippen molar-refractivity contribution in [1.29, 1.82) is 5.26 Å². The Morgan fingerprint density at radius 3 is 2.77 bits per heavy atom. The van der Waals surface area contributed by atoms with Crippen LogP contribution in [0.5, 0.6) is 5.75 Å². The maximum Gasteiger partial charge on any atom is 0.286 e. The highest BCUT2D eigenvalue weighted by Gasteiger charge is 2.10. The predicted octanol–water partition coefficient (Wildman–Crippen LogP) is 1.49. The first-order valence-corrected chi connectivity index (χ1v) is 6.94. The Bertz CT molecular complexity index is 736. The third-order valence-corrected chi connectivity index (χ3v) is 3.03. The van der Waals surface area contributed by atoms with Crippen molar-refractivity contribution in [1.82, 2.24) is 15.8 Å². The van der Waals surface area contributed by atoms with Crippen molar-refractivity contribution in [2.75, 3.05) is 6.61 Å². The Balaban J connectivity index is 1.81. The maximum atomic E-state index is 11.7. The minimum atomic E-state index is -0.549. The molecule has 1 heterocycles. The van der Waals surface area contributed by atoms with Crippen LogP contribution in [0.25, 0.3) is 0 Å². The summed E-state index contributed by atoms with van der Waals surface area (Å²) in [7, 11) is 0. The number of hydrogen-bond acceptors (Lipinski definition) is 4. The largest absolute Gasteiger partial charge is 0.482 e. The molecule has 3 N–H and O–H groups in total. The molecule has 112 valence electrons. The molecule has 0 aliphatic rings. The van der Waals surface area contributed by atoms with Gasteiger partial charge in [-0.1, -0.05) is 12.1 Å². The molecule has 7 nitrogen and oxygen atoms in total. The van der Waals surface area contributed by atoms with Gasteiger partial charge < -0.3 is 9.72 Å². The number of hydrazine groups is 1. The summed E-state index contributed by atoms with van der Waals surface area (Å²) in [6, 6.07) is 10.1. The van der Waals surface area contributed by atoms with E-state index in [0.717, 1.165) is 4.47 Å². The molecule has 0 aliphatic heterocycles. The van der Waals surface area contributed by atoms with Crippen LogP contribution in [0.4, 0.5) is 0 Å². The SMILES string of the molecule is N#Cc1ccccc1OCC(=O)NNC(=O)c1cc(Br)c[nH]1. The predicted molar refractivity (Wildman–Crippen MR) is 80.8 cm³/mol. The number of H-pyrrole nitrogens is 1. The van der Waals surface area contributed by atoms with Crippen LogP contribution in [0.15, 0.2) is 41.0 Å². The van der Waals surface area contributed by atoms with E-state index in [9.17, 15) is 9.59 Å². The normalized spacial score (nSPS) is 9.64. The van der Waals surface area contributed by atoms with E-state index in [4.69, 9.17) is 10.00 Å². The second-order valence-corrected chi connectivity index (χ2v) is 5.05. The highest BCUT2D eigenvalue weighted by Crippen LogP contribution is 2.16. The van der Waals surface area contributed by atoms with Crippen molar-refractivity contribution in [3.05, 3.63) is 52.3 Å². The Morgan fingerprint density at radius 2 is 2.09 bits per heavy atom. The molecule has 1 aromatic carbocycles. The van der Waals surface area contributed by atoms with Gasteiger partial charge >= 0.3 is 0 Å². The van der Waals surface area contributed by atoms with Gasteiger partial charge in [-0.15, -0.1) is 0 Å². The highest BCUT2D eigenvalue weighted by atomic mass is 79.9. The summed E-state index contributed by atoms with van der Waals surface area (Å²) in [4.78, 5) is 26.0. The van der Waals surface area contributed by atoms with Crippen LogP contribution in [-0.2, 0) is 4.79 Å². The van der Waals surface area contributed by atoms with Crippen molar-refractivity contribution >= 4 is 27.7 Å². The molecular weight excluding hydrogens is 352 g/mol. The highest BCUT2D eigenvalue weighted by molar-refractivity contribution is 9.10. The van der Waals surface area contributed by atoms with Crippen LogP contribution >= 0.6 is 15.9 Å². The quantitative estimate of drug-likeness (QED) is 0.716. The molecule has 0 saturated carbocycles. The first kappa shape index (κ1) is 15.6. The molecule has 1 aromatic heterocycles. The van der Waals surface area contributed by atoms with Crippen LogP contribution in [0.1, 0.15) is 16.1 Å². The molecular formula is C14H11BrN4O3. The number of nitrogens with zero attached hydrogens (tertiary/aromatic N) is 1. The molecule has 0 radical (unpaired) electrons. The number of ether oxygens (including phenoxy) is 1. The molecule has 2 rings (SSSR count). The Kier molecular flexibility index (Phi) is 5.16. The lowest BCUT2D eigenvalue weighted by Gasteiger charge is -2.09. The number of benzene rings is 1. The first-order chi connectivity index (χ1) is 10.6. The lowest BCUT2D eigenvalue weighted by molar-refractivity contribution is -0.123. The number of nitrogens with one attached hydrogen (secondary N) is 3. The van der Waals surface area contributed by atoms with Crippen molar-refractivity contribution in [2.45, 2.75) is 0 Å². The van der Waals surface area contributed by atoms with Gasteiger partial charge in [0.2, 0.25) is 0 Å². The number of aromatic amines is 1. The number of carbonyl (C=O) groups excluding carboxylic acids is 2. The fourth-order valence-electron chi connectivity index (χ4n) is 1.56.